The number of hydrogen-bond donors (Lipinski definition) is 1. The SMILES string of the molecule is Cn1nc(C2CCCCS2(=O)=O)c(-c2ccccn2)c1N. The highest BCUT2D eigenvalue weighted by atomic mass is 32.2. The Morgan fingerprint density at radius 3 is 2.81 bits per heavy atom. The third kappa shape index (κ3) is 2.42. The smallest absolute Gasteiger partial charge is 0.158 e. The van der Waals surface area contributed by atoms with Gasteiger partial charge in [-0.25, -0.2) is 8.42 Å². The van der Waals surface area contributed by atoms with Gasteiger partial charge in [0.25, 0.3) is 0 Å². The van der Waals surface area contributed by atoms with E-state index in [4.69, 9.17) is 5.73 Å². The van der Waals surface area contributed by atoms with Crippen LogP contribution in [0.15, 0.2) is 24.4 Å². The number of pyridine rings is 1. The van der Waals surface area contributed by atoms with Crippen molar-refractivity contribution in [2.24, 2.45) is 7.05 Å². The maximum absolute atomic E-state index is 12.4. The second-order valence-corrected chi connectivity index (χ2v) is 7.64. The van der Waals surface area contributed by atoms with Crippen molar-refractivity contribution in [3.63, 3.8) is 0 Å². The van der Waals surface area contributed by atoms with Crippen LogP contribution in [0.2, 0.25) is 0 Å². The van der Waals surface area contributed by atoms with E-state index in [1.807, 2.05) is 18.2 Å². The van der Waals surface area contributed by atoms with E-state index in [0.29, 0.717) is 29.2 Å². The first-order valence-corrected chi connectivity index (χ1v) is 8.67. The second kappa shape index (κ2) is 5.14. The molecule has 3 rings (SSSR count). The third-order valence-corrected chi connectivity index (χ3v) is 6.11. The van der Waals surface area contributed by atoms with Crippen molar-refractivity contribution < 1.29 is 8.42 Å². The molecule has 7 heteroatoms. The molecule has 2 N–H and O–H groups in total. The van der Waals surface area contributed by atoms with Crippen LogP contribution < -0.4 is 5.73 Å². The fourth-order valence-electron chi connectivity index (χ4n) is 2.82. The first kappa shape index (κ1) is 14.1. The van der Waals surface area contributed by atoms with Crippen molar-refractivity contribution in [2.45, 2.75) is 24.5 Å². The fraction of sp³-hybridized carbons (Fsp3) is 0.429. The second-order valence-electron chi connectivity index (χ2n) is 5.34. The molecule has 2 aromatic rings. The van der Waals surface area contributed by atoms with E-state index in [2.05, 4.69) is 10.1 Å². The van der Waals surface area contributed by atoms with E-state index < -0.39 is 15.1 Å². The topological polar surface area (TPSA) is 90.9 Å². The van der Waals surface area contributed by atoms with Gasteiger partial charge in [-0.3, -0.25) is 9.67 Å². The lowest BCUT2D eigenvalue weighted by Gasteiger charge is -2.21. The molecule has 0 bridgehead atoms. The Morgan fingerprint density at radius 1 is 1.33 bits per heavy atom. The predicted octanol–water partition coefficient (Wildman–Crippen LogP) is 1.70. The molecule has 112 valence electrons. The van der Waals surface area contributed by atoms with Crippen LogP contribution in [0.25, 0.3) is 11.3 Å². The van der Waals surface area contributed by atoms with Gasteiger partial charge in [-0.05, 0) is 25.0 Å². The Morgan fingerprint density at radius 2 is 2.14 bits per heavy atom. The van der Waals surface area contributed by atoms with Crippen LogP contribution in [-0.4, -0.2) is 28.9 Å². The van der Waals surface area contributed by atoms with Gasteiger partial charge in [0, 0.05) is 13.2 Å². The lowest BCUT2D eigenvalue weighted by Crippen LogP contribution is -2.22. The van der Waals surface area contributed by atoms with E-state index in [1.165, 1.54) is 4.68 Å². The zero-order chi connectivity index (χ0) is 15.0. The zero-order valence-electron chi connectivity index (χ0n) is 11.9. The quantitative estimate of drug-likeness (QED) is 0.912. The monoisotopic (exact) mass is 306 g/mol. The molecule has 1 aliphatic rings. The number of sulfone groups is 1. The lowest BCUT2D eigenvalue weighted by molar-refractivity contribution is 0.540. The summed E-state index contributed by atoms with van der Waals surface area (Å²) in [6.07, 6.45) is 3.88. The molecule has 1 fully saturated rings. The van der Waals surface area contributed by atoms with Crippen LogP contribution >= 0.6 is 0 Å². The summed E-state index contributed by atoms with van der Waals surface area (Å²) in [5.74, 6) is 0.667. The van der Waals surface area contributed by atoms with Gasteiger partial charge < -0.3 is 5.73 Å². The van der Waals surface area contributed by atoms with Gasteiger partial charge in [0.2, 0.25) is 0 Å². The van der Waals surface area contributed by atoms with Crippen molar-refractivity contribution in [3.05, 3.63) is 30.1 Å². The summed E-state index contributed by atoms with van der Waals surface area (Å²) < 4.78 is 26.3. The lowest BCUT2D eigenvalue weighted by atomic mass is 10.0. The average Bonchev–Trinajstić information content (AvgIpc) is 2.75. The molecule has 3 heterocycles. The van der Waals surface area contributed by atoms with Crippen molar-refractivity contribution in [2.75, 3.05) is 11.5 Å². The molecule has 1 atom stereocenters. The minimum atomic E-state index is -3.17. The molecular weight excluding hydrogens is 288 g/mol. The summed E-state index contributed by atoms with van der Waals surface area (Å²) in [6, 6.07) is 5.49. The number of anilines is 1. The van der Waals surface area contributed by atoms with E-state index in [-0.39, 0.29) is 5.75 Å². The Balaban J connectivity index is 2.18. The molecule has 0 aliphatic carbocycles. The normalized spacial score (nSPS) is 21.3. The Labute approximate surface area is 123 Å². The number of nitrogen functional groups attached to an aromatic ring is 1. The fourth-order valence-corrected chi connectivity index (χ4v) is 4.74. The highest BCUT2D eigenvalue weighted by molar-refractivity contribution is 7.91. The van der Waals surface area contributed by atoms with E-state index in [9.17, 15) is 8.42 Å². The van der Waals surface area contributed by atoms with Crippen LogP contribution in [0, 0.1) is 0 Å². The summed E-state index contributed by atoms with van der Waals surface area (Å²) in [4.78, 5) is 4.30. The minimum absolute atomic E-state index is 0.218. The van der Waals surface area contributed by atoms with Gasteiger partial charge in [-0.1, -0.05) is 12.5 Å². The largest absolute Gasteiger partial charge is 0.383 e. The molecule has 0 aromatic carbocycles. The summed E-state index contributed by atoms with van der Waals surface area (Å²) in [6.45, 7) is 0. The minimum Gasteiger partial charge on any atom is -0.383 e. The maximum atomic E-state index is 12.4. The molecule has 0 spiro atoms. The summed E-state index contributed by atoms with van der Waals surface area (Å²) in [7, 11) is -1.45. The number of aromatic nitrogens is 3. The van der Waals surface area contributed by atoms with E-state index in [0.717, 1.165) is 12.8 Å². The van der Waals surface area contributed by atoms with Crippen LogP contribution in [0.1, 0.15) is 30.2 Å². The molecule has 0 saturated carbocycles. The van der Waals surface area contributed by atoms with Crippen molar-refractivity contribution >= 4 is 15.7 Å². The van der Waals surface area contributed by atoms with Gasteiger partial charge in [0.05, 0.1) is 22.7 Å². The number of aryl methyl sites for hydroxylation is 1. The van der Waals surface area contributed by atoms with Crippen LogP contribution in [0.3, 0.4) is 0 Å². The summed E-state index contributed by atoms with van der Waals surface area (Å²) >= 11 is 0. The van der Waals surface area contributed by atoms with Crippen molar-refractivity contribution in [1.82, 2.24) is 14.8 Å². The highest BCUT2D eigenvalue weighted by Crippen LogP contribution is 2.39. The Bertz CT molecular complexity index is 753. The first-order valence-electron chi connectivity index (χ1n) is 6.96. The van der Waals surface area contributed by atoms with E-state index >= 15 is 0 Å². The van der Waals surface area contributed by atoms with E-state index in [1.54, 1.807) is 13.2 Å². The number of rotatable bonds is 2. The predicted molar refractivity (Wildman–Crippen MR) is 81.2 cm³/mol. The molecule has 1 saturated heterocycles. The molecular formula is C14H18N4O2S. The molecule has 0 radical (unpaired) electrons. The maximum Gasteiger partial charge on any atom is 0.158 e. The standard InChI is InChI=1S/C14H18N4O2S/c1-18-14(15)12(10-6-2-4-8-16-10)13(17-18)11-7-3-5-9-21(11,19)20/h2,4,6,8,11H,3,5,7,9,15H2,1H3. The zero-order valence-corrected chi connectivity index (χ0v) is 12.7. The summed E-state index contributed by atoms with van der Waals surface area (Å²) in [5, 5.41) is 3.80. The number of nitrogens with zero attached hydrogens (tertiary/aromatic N) is 3. The molecule has 1 unspecified atom stereocenters. The first-order chi connectivity index (χ1) is 10.0. The van der Waals surface area contributed by atoms with Gasteiger partial charge in [-0.2, -0.15) is 5.10 Å². The molecule has 1 aliphatic heterocycles. The third-order valence-electron chi connectivity index (χ3n) is 3.92. The molecule has 0 amide bonds. The van der Waals surface area contributed by atoms with Gasteiger partial charge in [0.15, 0.2) is 9.84 Å². The van der Waals surface area contributed by atoms with Crippen LogP contribution in [0.4, 0.5) is 5.82 Å². The summed E-state index contributed by atoms with van der Waals surface area (Å²) in [5.41, 5.74) is 7.94. The van der Waals surface area contributed by atoms with Gasteiger partial charge >= 0.3 is 0 Å². The molecule has 6 nitrogen and oxygen atoms in total. The van der Waals surface area contributed by atoms with Crippen LogP contribution in [0.5, 0.6) is 0 Å². The number of nitrogens with two attached hydrogens (primary N) is 1. The Kier molecular flexibility index (Phi) is 3.44. The van der Waals surface area contributed by atoms with Crippen molar-refractivity contribution in [1.29, 1.82) is 0 Å². The highest BCUT2D eigenvalue weighted by Gasteiger charge is 2.35. The van der Waals surface area contributed by atoms with Crippen molar-refractivity contribution in [3.8, 4) is 11.3 Å². The van der Waals surface area contributed by atoms with Gasteiger partial charge in [-0.15, -0.1) is 0 Å². The molecule has 21 heavy (non-hydrogen) atoms. The average molecular weight is 306 g/mol. The molecule has 2 aromatic heterocycles. The number of hydrogen-bond acceptors (Lipinski definition) is 5. The van der Waals surface area contributed by atoms with Gasteiger partial charge in [0.1, 0.15) is 11.1 Å². The van der Waals surface area contributed by atoms with Crippen LogP contribution in [-0.2, 0) is 16.9 Å². The Hall–Kier alpha value is -1.89.